The number of rotatable bonds is 2. The van der Waals surface area contributed by atoms with E-state index in [9.17, 15) is 9.59 Å². The second-order valence-electron chi connectivity index (χ2n) is 4.26. The Hall–Kier alpha value is -1.32. The fourth-order valence-electron chi connectivity index (χ4n) is 2.09. The van der Waals surface area contributed by atoms with Crippen LogP contribution in [0.15, 0.2) is 12.2 Å². The molecule has 4 nitrogen and oxygen atoms in total. The van der Waals surface area contributed by atoms with Crippen molar-refractivity contribution in [3.8, 4) is 0 Å². The maximum absolute atomic E-state index is 11.8. The lowest BCUT2D eigenvalue weighted by molar-refractivity contribution is -0.154. The highest BCUT2D eigenvalue weighted by Gasteiger charge is 2.37. The summed E-state index contributed by atoms with van der Waals surface area (Å²) in [6, 6.07) is 0. The van der Waals surface area contributed by atoms with Crippen molar-refractivity contribution in [1.82, 2.24) is 4.90 Å². The van der Waals surface area contributed by atoms with E-state index in [4.69, 9.17) is 5.11 Å². The average Bonchev–Trinajstić information content (AvgIpc) is 2.16. The Labute approximate surface area is 88.6 Å². The summed E-state index contributed by atoms with van der Waals surface area (Å²) >= 11 is 0. The van der Waals surface area contributed by atoms with Gasteiger partial charge in [-0.3, -0.25) is 9.59 Å². The van der Waals surface area contributed by atoms with Gasteiger partial charge < -0.3 is 10.0 Å². The van der Waals surface area contributed by atoms with E-state index in [2.05, 4.69) is 6.08 Å². The van der Waals surface area contributed by atoms with Crippen LogP contribution < -0.4 is 0 Å². The van der Waals surface area contributed by atoms with Crippen molar-refractivity contribution in [2.24, 2.45) is 11.8 Å². The minimum atomic E-state index is -0.789. The normalized spacial score (nSPS) is 26.1. The molecule has 2 rings (SSSR count). The van der Waals surface area contributed by atoms with Crippen molar-refractivity contribution in [2.45, 2.75) is 19.3 Å². The summed E-state index contributed by atoms with van der Waals surface area (Å²) in [5.41, 5.74) is 0. The molecule has 4 heteroatoms. The topological polar surface area (TPSA) is 57.6 Å². The molecule has 0 radical (unpaired) electrons. The van der Waals surface area contributed by atoms with E-state index in [-0.39, 0.29) is 17.7 Å². The van der Waals surface area contributed by atoms with E-state index in [1.54, 1.807) is 4.90 Å². The van der Waals surface area contributed by atoms with Crippen LogP contribution in [0.3, 0.4) is 0 Å². The fraction of sp³-hybridized carbons (Fsp3) is 0.636. The summed E-state index contributed by atoms with van der Waals surface area (Å²) in [6.45, 7) is 0.794. The molecule has 0 unspecified atom stereocenters. The van der Waals surface area contributed by atoms with Gasteiger partial charge in [0, 0.05) is 19.0 Å². The van der Waals surface area contributed by atoms with Crippen molar-refractivity contribution in [3.63, 3.8) is 0 Å². The zero-order valence-corrected chi connectivity index (χ0v) is 8.56. The molecule has 15 heavy (non-hydrogen) atoms. The molecule has 0 spiro atoms. The van der Waals surface area contributed by atoms with Crippen LogP contribution >= 0.6 is 0 Å². The third kappa shape index (κ3) is 2.03. The smallest absolute Gasteiger partial charge is 0.310 e. The van der Waals surface area contributed by atoms with Crippen LogP contribution in [0.2, 0.25) is 0 Å². The largest absolute Gasteiger partial charge is 0.481 e. The first-order valence-electron chi connectivity index (χ1n) is 5.35. The second kappa shape index (κ2) is 4.04. The number of carboxylic acid groups (broad SMARTS) is 1. The molecule has 0 bridgehead atoms. The lowest BCUT2D eigenvalue weighted by Crippen LogP contribution is -2.54. The Kier molecular flexibility index (Phi) is 2.75. The van der Waals surface area contributed by atoms with Gasteiger partial charge >= 0.3 is 5.97 Å². The van der Waals surface area contributed by atoms with Crippen molar-refractivity contribution >= 4 is 11.9 Å². The molecular formula is C11H15NO3. The molecule has 0 aromatic rings. The molecule has 1 fully saturated rings. The molecule has 82 valence electrons. The number of carbonyl (C=O) groups excluding carboxylic acids is 1. The molecular weight excluding hydrogens is 194 g/mol. The molecule has 0 saturated carbocycles. The summed E-state index contributed by atoms with van der Waals surface area (Å²) in [7, 11) is 0. The van der Waals surface area contributed by atoms with Crippen LogP contribution in [0.4, 0.5) is 0 Å². The molecule has 1 aliphatic carbocycles. The third-order valence-electron chi connectivity index (χ3n) is 3.16. The van der Waals surface area contributed by atoms with E-state index >= 15 is 0 Å². The Morgan fingerprint density at radius 3 is 2.47 bits per heavy atom. The molecule has 1 N–H and O–H groups in total. The van der Waals surface area contributed by atoms with Gasteiger partial charge in [0.25, 0.3) is 0 Å². The van der Waals surface area contributed by atoms with Gasteiger partial charge in [-0.2, -0.15) is 0 Å². The molecule has 1 atom stereocenters. The van der Waals surface area contributed by atoms with Crippen LogP contribution in [-0.4, -0.2) is 35.0 Å². The molecule has 0 aromatic carbocycles. The van der Waals surface area contributed by atoms with E-state index in [1.807, 2.05) is 6.08 Å². The number of hydrogen-bond acceptors (Lipinski definition) is 2. The van der Waals surface area contributed by atoms with E-state index < -0.39 is 5.97 Å². The number of carbonyl (C=O) groups is 2. The number of carboxylic acids is 1. The molecule has 1 amide bonds. The lowest BCUT2D eigenvalue weighted by atomic mass is 9.90. The molecule has 1 aliphatic heterocycles. The first-order chi connectivity index (χ1) is 7.18. The average molecular weight is 209 g/mol. The SMILES string of the molecule is O=C(O)C1CN(C(=O)[C@H]2CC=CCC2)C1. The van der Waals surface area contributed by atoms with Crippen LogP contribution in [0.1, 0.15) is 19.3 Å². The van der Waals surface area contributed by atoms with Gasteiger partial charge in [0.05, 0.1) is 5.92 Å². The standard InChI is InChI=1S/C11H15NO3/c13-10(8-4-2-1-3-5-8)12-6-9(7-12)11(14)15/h1-2,8-9H,3-7H2,(H,14,15)/t8-/m0/s1. The Morgan fingerprint density at radius 2 is 1.93 bits per heavy atom. The van der Waals surface area contributed by atoms with Gasteiger partial charge in [-0.25, -0.2) is 0 Å². The molecule has 2 aliphatic rings. The zero-order valence-electron chi connectivity index (χ0n) is 8.56. The highest BCUT2D eigenvalue weighted by molar-refractivity contribution is 5.82. The predicted molar refractivity (Wildman–Crippen MR) is 54.2 cm³/mol. The Morgan fingerprint density at radius 1 is 1.20 bits per heavy atom. The Bertz CT molecular complexity index is 305. The summed E-state index contributed by atoms with van der Waals surface area (Å²) in [5.74, 6) is -0.905. The lowest BCUT2D eigenvalue weighted by Gasteiger charge is -2.39. The predicted octanol–water partition coefficient (Wildman–Crippen LogP) is 0.886. The monoisotopic (exact) mass is 209 g/mol. The minimum Gasteiger partial charge on any atom is -0.481 e. The summed E-state index contributed by atoms with van der Waals surface area (Å²) < 4.78 is 0. The maximum atomic E-state index is 11.8. The minimum absolute atomic E-state index is 0.0877. The van der Waals surface area contributed by atoms with Crippen LogP contribution in [0, 0.1) is 11.8 Å². The number of amides is 1. The van der Waals surface area contributed by atoms with Crippen LogP contribution in [0.5, 0.6) is 0 Å². The summed E-state index contributed by atoms with van der Waals surface area (Å²) in [5, 5.41) is 8.69. The van der Waals surface area contributed by atoms with E-state index in [1.165, 1.54) is 0 Å². The van der Waals surface area contributed by atoms with Gasteiger partial charge in [0.15, 0.2) is 0 Å². The number of aliphatic carboxylic acids is 1. The van der Waals surface area contributed by atoms with Crippen LogP contribution in [-0.2, 0) is 9.59 Å². The number of allylic oxidation sites excluding steroid dienone is 2. The quantitative estimate of drug-likeness (QED) is 0.687. The van der Waals surface area contributed by atoms with Gasteiger partial charge in [-0.1, -0.05) is 12.2 Å². The number of hydrogen-bond donors (Lipinski definition) is 1. The van der Waals surface area contributed by atoms with Gasteiger partial charge in [-0.05, 0) is 19.3 Å². The number of nitrogens with zero attached hydrogens (tertiary/aromatic N) is 1. The second-order valence-corrected chi connectivity index (χ2v) is 4.26. The first-order valence-corrected chi connectivity index (χ1v) is 5.35. The highest BCUT2D eigenvalue weighted by atomic mass is 16.4. The van der Waals surface area contributed by atoms with E-state index in [0.29, 0.717) is 13.1 Å². The van der Waals surface area contributed by atoms with Crippen molar-refractivity contribution < 1.29 is 14.7 Å². The maximum Gasteiger partial charge on any atom is 0.310 e. The van der Waals surface area contributed by atoms with Crippen LogP contribution in [0.25, 0.3) is 0 Å². The number of likely N-dealkylation sites (tertiary alicyclic amines) is 1. The summed E-state index contributed by atoms with van der Waals surface area (Å²) in [4.78, 5) is 24.1. The van der Waals surface area contributed by atoms with Gasteiger partial charge in [0.1, 0.15) is 0 Å². The van der Waals surface area contributed by atoms with Crippen molar-refractivity contribution in [1.29, 1.82) is 0 Å². The van der Waals surface area contributed by atoms with Crippen molar-refractivity contribution in [3.05, 3.63) is 12.2 Å². The first kappa shape index (κ1) is 10.2. The van der Waals surface area contributed by atoms with Crippen molar-refractivity contribution in [2.75, 3.05) is 13.1 Å². The molecule has 1 saturated heterocycles. The van der Waals surface area contributed by atoms with Gasteiger partial charge in [0.2, 0.25) is 5.91 Å². The molecule has 0 aromatic heterocycles. The Balaban J connectivity index is 1.83. The fourth-order valence-corrected chi connectivity index (χ4v) is 2.09. The van der Waals surface area contributed by atoms with Gasteiger partial charge in [-0.15, -0.1) is 0 Å². The van der Waals surface area contributed by atoms with E-state index in [0.717, 1.165) is 19.3 Å². The summed E-state index contributed by atoms with van der Waals surface area (Å²) in [6.07, 6.45) is 6.82. The molecule has 1 heterocycles. The zero-order chi connectivity index (χ0) is 10.8. The third-order valence-corrected chi connectivity index (χ3v) is 3.16. The highest BCUT2D eigenvalue weighted by Crippen LogP contribution is 2.25.